The van der Waals surface area contributed by atoms with Crippen molar-refractivity contribution in [3.05, 3.63) is 12.2 Å². The molecule has 0 radical (unpaired) electrons. The Morgan fingerprint density at radius 2 is 1.72 bits per heavy atom. The Hall–Kier alpha value is -1.65. The summed E-state index contributed by atoms with van der Waals surface area (Å²) in [6, 6.07) is 0. The first-order valence-corrected chi connectivity index (χ1v) is 6.28. The molecule has 5 nitrogen and oxygen atoms in total. The van der Waals surface area contributed by atoms with Gasteiger partial charge in [0.25, 0.3) is 11.8 Å². The number of ether oxygens (including phenoxy) is 1. The monoisotopic (exact) mass is 255 g/mol. The average Bonchev–Trinajstić information content (AvgIpc) is 2.70. The van der Waals surface area contributed by atoms with E-state index in [1.807, 2.05) is 12.2 Å². The highest BCUT2D eigenvalue weighted by molar-refractivity contribution is 6.12. The van der Waals surface area contributed by atoms with Crippen molar-refractivity contribution in [1.82, 2.24) is 5.32 Å². The Morgan fingerprint density at radius 1 is 1.11 bits per heavy atom. The summed E-state index contributed by atoms with van der Waals surface area (Å²) in [7, 11) is 0. The second-order valence-electron chi connectivity index (χ2n) is 3.86. The number of carbonyl (C=O) groups excluding carboxylic acids is 3. The maximum Gasteiger partial charge on any atom is 0.305 e. The number of amides is 2. The Labute approximate surface area is 108 Å². The lowest BCUT2D eigenvalue weighted by Crippen LogP contribution is -2.19. The van der Waals surface area contributed by atoms with Crippen LogP contribution in [0.2, 0.25) is 0 Å². The Balaban J connectivity index is 0.000000351. The summed E-state index contributed by atoms with van der Waals surface area (Å²) < 4.78 is 4.95. The quantitative estimate of drug-likeness (QED) is 0.445. The minimum Gasteiger partial charge on any atom is -0.466 e. The van der Waals surface area contributed by atoms with Crippen LogP contribution in [-0.4, -0.2) is 24.4 Å². The summed E-state index contributed by atoms with van der Waals surface area (Å²) in [5, 5.41) is 2.03. The molecule has 0 aliphatic carbocycles. The van der Waals surface area contributed by atoms with E-state index in [9.17, 15) is 14.4 Å². The lowest BCUT2D eigenvalue weighted by atomic mass is 10.3. The lowest BCUT2D eigenvalue weighted by molar-refractivity contribution is -0.143. The number of carbonyl (C=O) groups is 3. The Morgan fingerprint density at radius 3 is 2.11 bits per heavy atom. The van der Waals surface area contributed by atoms with Gasteiger partial charge in [0.15, 0.2) is 0 Å². The molecule has 0 aromatic carbocycles. The molecule has 102 valence electrons. The second kappa shape index (κ2) is 10.5. The van der Waals surface area contributed by atoms with E-state index in [-0.39, 0.29) is 17.8 Å². The van der Waals surface area contributed by atoms with Crippen molar-refractivity contribution >= 4 is 17.8 Å². The average molecular weight is 255 g/mol. The predicted molar refractivity (Wildman–Crippen MR) is 67.7 cm³/mol. The minimum atomic E-state index is -0.329. The molecule has 5 heteroatoms. The number of rotatable bonds is 6. The zero-order valence-electron chi connectivity index (χ0n) is 11.0. The van der Waals surface area contributed by atoms with Gasteiger partial charge in [-0.25, -0.2) is 0 Å². The lowest BCUT2D eigenvalue weighted by Gasteiger charge is -2.01. The van der Waals surface area contributed by atoms with Crippen molar-refractivity contribution in [2.24, 2.45) is 0 Å². The SMILES string of the molecule is CCCCCOC(=O)CCC.O=C1C=CC(=O)N1. The fourth-order valence-corrected chi connectivity index (χ4v) is 1.17. The zero-order valence-corrected chi connectivity index (χ0v) is 11.0. The van der Waals surface area contributed by atoms with Crippen LogP contribution in [0.4, 0.5) is 0 Å². The molecule has 1 rings (SSSR count). The highest BCUT2D eigenvalue weighted by Gasteiger charge is 2.06. The van der Waals surface area contributed by atoms with Crippen LogP contribution in [0.1, 0.15) is 46.0 Å². The molecule has 0 saturated heterocycles. The van der Waals surface area contributed by atoms with Gasteiger partial charge in [0, 0.05) is 18.6 Å². The molecule has 0 bridgehead atoms. The molecule has 0 unspecified atom stereocenters. The standard InChI is InChI=1S/C9H18O2.C4H3NO2/c1-3-5-6-8-11-9(10)7-4-2;6-3-1-2-4(7)5-3/h3-8H2,1-2H3;1-2H,(H,5,6,7). The van der Waals surface area contributed by atoms with Gasteiger partial charge in [-0.2, -0.15) is 0 Å². The van der Waals surface area contributed by atoms with Crippen LogP contribution >= 0.6 is 0 Å². The fourth-order valence-electron chi connectivity index (χ4n) is 1.17. The van der Waals surface area contributed by atoms with E-state index in [0.717, 1.165) is 19.3 Å². The summed E-state index contributed by atoms with van der Waals surface area (Å²) in [5.41, 5.74) is 0. The van der Waals surface area contributed by atoms with Gasteiger partial charge in [0.05, 0.1) is 6.61 Å². The summed E-state index contributed by atoms with van der Waals surface area (Å²) >= 11 is 0. The molecular weight excluding hydrogens is 234 g/mol. The third kappa shape index (κ3) is 9.57. The van der Waals surface area contributed by atoms with E-state index in [1.54, 1.807) is 0 Å². The van der Waals surface area contributed by atoms with Crippen molar-refractivity contribution in [3.63, 3.8) is 0 Å². The smallest absolute Gasteiger partial charge is 0.305 e. The van der Waals surface area contributed by atoms with Crippen LogP contribution < -0.4 is 5.32 Å². The molecule has 1 aliphatic heterocycles. The van der Waals surface area contributed by atoms with Gasteiger partial charge in [0.2, 0.25) is 0 Å². The summed E-state index contributed by atoms with van der Waals surface area (Å²) in [5.74, 6) is -0.710. The largest absolute Gasteiger partial charge is 0.466 e. The first-order chi connectivity index (χ1) is 8.60. The third-order valence-electron chi connectivity index (χ3n) is 2.10. The molecule has 1 heterocycles. The van der Waals surface area contributed by atoms with Crippen LogP contribution in [0.5, 0.6) is 0 Å². The van der Waals surface area contributed by atoms with Crippen molar-refractivity contribution in [2.75, 3.05) is 6.61 Å². The summed E-state index contributed by atoms with van der Waals surface area (Å²) in [6.07, 6.45) is 7.17. The zero-order chi connectivity index (χ0) is 13.8. The maximum absolute atomic E-state index is 10.8. The molecular formula is C13H21NO4. The van der Waals surface area contributed by atoms with Crippen LogP contribution in [0.25, 0.3) is 0 Å². The maximum atomic E-state index is 10.8. The van der Waals surface area contributed by atoms with Crippen LogP contribution in [-0.2, 0) is 19.1 Å². The molecule has 0 aromatic heterocycles. The van der Waals surface area contributed by atoms with E-state index in [2.05, 4.69) is 6.92 Å². The normalized spacial score (nSPS) is 12.8. The Kier molecular flexibility index (Phi) is 9.54. The number of unbranched alkanes of at least 4 members (excludes halogenated alkanes) is 2. The van der Waals surface area contributed by atoms with Gasteiger partial charge >= 0.3 is 5.97 Å². The minimum absolute atomic E-state index is 0.0522. The van der Waals surface area contributed by atoms with Crippen molar-refractivity contribution in [2.45, 2.75) is 46.0 Å². The van der Waals surface area contributed by atoms with E-state index < -0.39 is 0 Å². The van der Waals surface area contributed by atoms with Crippen molar-refractivity contribution < 1.29 is 19.1 Å². The van der Waals surface area contributed by atoms with E-state index in [4.69, 9.17) is 4.74 Å². The van der Waals surface area contributed by atoms with E-state index in [1.165, 1.54) is 18.6 Å². The molecule has 2 amide bonds. The van der Waals surface area contributed by atoms with Gasteiger partial charge in [-0.05, 0) is 12.8 Å². The second-order valence-corrected chi connectivity index (χ2v) is 3.86. The van der Waals surface area contributed by atoms with Gasteiger partial charge in [0.1, 0.15) is 0 Å². The van der Waals surface area contributed by atoms with Crippen molar-refractivity contribution in [1.29, 1.82) is 0 Å². The molecule has 0 spiro atoms. The number of imide groups is 1. The fraction of sp³-hybridized carbons (Fsp3) is 0.615. The van der Waals surface area contributed by atoms with Gasteiger partial charge < -0.3 is 4.74 Å². The molecule has 1 aliphatic rings. The predicted octanol–water partition coefficient (Wildman–Crippen LogP) is 1.72. The molecule has 0 aromatic rings. The highest BCUT2D eigenvalue weighted by atomic mass is 16.5. The third-order valence-corrected chi connectivity index (χ3v) is 2.10. The van der Waals surface area contributed by atoms with E-state index in [0.29, 0.717) is 13.0 Å². The molecule has 0 atom stereocenters. The van der Waals surface area contributed by atoms with Gasteiger partial charge in [-0.3, -0.25) is 19.7 Å². The van der Waals surface area contributed by atoms with Crippen molar-refractivity contribution in [3.8, 4) is 0 Å². The number of esters is 1. The van der Waals surface area contributed by atoms with Gasteiger partial charge in [-0.1, -0.05) is 26.7 Å². The number of hydrogen-bond acceptors (Lipinski definition) is 4. The first kappa shape index (κ1) is 16.4. The van der Waals surface area contributed by atoms with Gasteiger partial charge in [-0.15, -0.1) is 0 Å². The molecule has 1 N–H and O–H groups in total. The van der Waals surface area contributed by atoms with E-state index >= 15 is 0 Å². The Bertz CT molecular complexity index is 294. The highest BCUT2D eigenvalue weighted by Crippen LogP contribution is 1.96. The summed E-state index contributed by atoms with van der Waals surface area (Å²) in [6.45, 7) is 4.72. The summed E-state index contributed by atoms with van der Waals surface area (Å²) in [4.78, 5) is 30.9. The number of hydrogen-bond donors (Lipinski definition) is 1. The molecule has 0 fully saturated rings. The van der Waals surface area contributed by atoms with Crippen LogP contribution in [0, 0.1) is 0 Å². The molecule has 0 saturated carbocycles. The first-order valence-electron chi connectivity index (χ1n) is 6.28. The topological polar surface area (TPSA) is 72.5 Å². The van der Waals surface area contributed by atoms with Crippen LogP contribution in [0.3, 0.4) is 0 Å². The molecule has 18 heavy (non-hydrogen) atoms. The number of nitrogens with one attached hydrogen (secondary N) is 1. The van der Waals surface area contributed by atoms with Crippen LogP contribution in [0.15, 0.2) is 12.2 Å².